The lowest BCUT2D eigenvalue weighted by molar-refractivity contribution is 0.253. The number of likely N-dealkylation sites (tertiary alicyclic amines) is 1. The SMILES string of the molecule is C=C(/N=C(\CC/C(C)=C/N)n1nnc2ccccc21)C(C)CC(CNC)CN1CCCC1. The van der Waals surface area contributed by atoms with Crippen molar-refractivity contribution >= 4 is 16.9 Å². The molecule has 2 heterocycles. The van der Waals surface area contributed by atoms with Crippen LogP contribution in [0.3, 0.4) is 0 Å². The number of fused-ring (bicyclic) bond motifs is 1. The molecule has 2 unspecified atom stereocenters. The Morgan fingerprint density at radius 3 is 2.75 bits per heavy atom. The summed E-state index contributed by atoms with van der Waals surface area (Å²) < 4.78 is 1.85. The molecule has 1 aliphatic heterocycles. The molecule has 0 aliphatic carbocycles. The molecule has 0 spiro atoms. The van der Waals surface area contributed by atoms with Gasteiger partial charge in [0.05, 0.1) is 5.52 Å². The van der Waals surface area contributed by atoms with Gasteiger partial charge >= 0.3 is 0 Å². The highest BCUT2D eigenvalue weighted by Gasteiger charge is 2.21. The van der Waals surface area contributed by atoms with E-state index in [4.69, 9.17) is 10.7 Å². The monoisotopic (exact) mass is 437 g/mol. The van der Waals surface area contributed by atoms with E-state index in [1.165, 1.54) is 25.9 Å². The minimum atomic E-state index is 0.284. The quantitative estimate of drug-likeness (QED) is 0.413. The molecule has 0 bridgehead atoms. The third-order valence-corrected chi connectivity index (χ3v) is 6.36. The third kappa shape index (κ3) is 6.50. The molecule has 1 aromatic heterocycles. The molecule has 174 valence electrons. The predicted octanol–water partition coefficient (Wildman–Crippen LogP) is 3.79. The predicted molar refractivity (Wildman–Crippen MR) is 134 cm³/mol. The van der Waals surface area contributed by atoms with Crippen molar-refractivity contribution in [1.82, 2.24) is 25.2 Å². The summed E-state index contributed by atoms with van der Waals surface area (Å²) in [4.78, 5) is 7.59. The molecule has 1 aromatic carbocycles. The van der Waals surface area contributed by atoms with Gasteiger partial charge in [0.15, 0.2) is 0 Å². The largest absolute Gasteiger partial charge is 0.405 e. The molecule has 32 heavy (non-hydrogen) atoms. The fourth-order valence-electron chi connectivity index (χ4n) is 4.41. The van der Waals surface area contributed by atoms with Gasteiger partial charge in [0.25, 0.3) is 0 Å². The topological polar surface area (TPSA) is 84.4 Å². The lowest BCUT2D eigenvalue weighted by atomic mass is 9.93. The summed E-state index contributed by atoms with van der Waals surface area (Å²) in [5.74, 6) is 1.73. The van der Waals surface area contributed by atoms with E-state index in [0.29, 0.717) is 5.92 Å². The van der Waals surface area contributed by atoms with E-state index in [0.717, 1.165) is 60.5 Å². The molecule has 0 saturated carbocycles. The summed E-state index contributed by atoms with van der Waals surface area (Å²) in [6.45, 7) is 13.2. The van der Waals surface area contributed by atoms with Gasteiger partial charge in [-0.3, -0.25) is 0 Å². The molecule has 7 heteroatoms. The minimum Gasteiger partial charge on any atom is -0.405 e. The molecule has 7 nitrogen and oxygen atoms in total. The Balaban J connectivity index is 1.77. The Labute approximate surface area is 192 Å². The minimum absolute atomic E-state index is 0.284. The van der Waals surface area contributed by atoms with Crippen molar-refractivity contribution in [2.75, 3.05) is 33.2 Å². The maximum Gasteiger partial charge on any atom is 0.132 e. The first kappa shape index (κ1) is 24.1. The number of nitrogens with zero attached hydrogens (tertiary/aromatic N) is 5. The van der Waals surface area contributed by atoms with E-state index in [2.05, 4.69) is 34.0 Å². The number of nitrogens with two attached hydrogens (primary N) is 1. The van der Waals surface area contributed by atoms with E-state index < -0.39 is 0 Å². The van der Waals surface area contributed by atoms with Crippen LogP contribution in [0.15, 0.2) is 53.3 Å². The lowest BCUT2D eigenvalue weighted by Gasteiger charge is -2.26. The van der Waals surface area contributed by atoms with Crippen molar-refractivity contribution < 1.29 is 0 Å². The number of hydrogen-bond acceptors (Lipinski definition) is 6. The Bertz CT molecular complexity index is 937. The summed E-state index contributed by atoms with van der Waals surface area (Å²) in [7, 11) is 2.04. The normalized spacial score (nSPS) is 17.7. The zero-order valence-electron chi connectivity index (χ0n) is 19.9. The van der Waals surface area contributed by atoms with Gasteiger partial charge in [-0.05, 0) is 89.5 Å². The maximum atomic E-state index is 5.70. The zero-order chi connectivity index (χ0) is 22.9. The number of benzene rings is 1. The maximum absolute atomic E-state index is 5.70. The van der Waals surface area contributed by atoms with Crippen molar-refractivity contribution in [3.63, 3.8) is 0 Å². The second kappa shape index (κ2) is 11.9. The number of allylic oxidation sites excluding steroid dienone is 2. The third-order valence-electron chi connectivity index (χ3n) is 6.36. The molecule has 2 aromatic rings. The highest BCUT2D eigenvalue weighted by atomic mass is 15.4. The van der Waals surface area contributed by atoms with Crippen molar-refractivity contribution in [2.45, 2.75) is 46.0 Å². The van der Waals surface area contributed by atoms with E-state index in [9.17, 15) is 0 Å². The highest BCUT2D eigenvalue weighted by molar-refractivity contribution is 5.92. The van der Waals surface area contributed by atoms with Crippen molar-refractivity contribution in [3.05, 3.63) is 48.3 Å². The van der Waals surface area contributed by atoms with Crippen LogP contribution < -0.4 is 11.1 Å². The Hall–Kier alpha value is -2.51. The molecule has 3 N–H and O–H groups in total. The van der Waals surface area contributed by atoms with Gasteiger partial charge in [-0.2, -0.15) is 4.68 Å². The van der Waals surface area contributed by atoms with Crippen LogP contribution in [0.2, 0.25) is 0 Å². The first-order valence-corrected chi connectivity index (χ1v) is 11.8. The highest BCUT2D eigenvalue weighted by Crippen LogP contribution is 2.23. The van der Waals surface area contributed by atoms with E-state index >= 15 is 0 Å². The van der Waals surface area contributed by atoms with Crippen molar-refractivity contribution in [1.29, 1.82) is 0 Å². The van der Waals surface area contributed by atoms with E-state index in [-0.39, 0.29) is 5.92 Å². The van der Waals surface area contributed by atoms with Gasteiger partial charge in [-0.15, -0.1) is 5.10 Å². The van der Waals surface area contributed by atoms with Crippen LogP contribution in [0.5, 0.6) is 0 Å². The Morgan fingerprint density at radius 1 is 1.28 bits per heavy atom. The second-order valence-corrected chi connectivity index (χ2v) is 9.09. The Morgan fingerprint density at radius 2 is 2.03 bits per heavy atom. The lowest BCUT2D eigenvalue weighted by Crippen LogP contribution is -2.33. The molecule has 1 saturated heterocycles. The zero-order valence-corrected chi connectivity index (χ0v) is 19.9. The summed E-state index contributed by atoms with van der Waals surface area (Å²) in [5, 5.41) is 12.1. The number of rotatable bonds is 11. The number of para-hydroxylation sites is 1. The van der Waals surface area contributed by atoms with Gasteiger partial charge < -0.3 is 16.0 Å². The number of nitrogens with one attached hydrogen (secondary N) is 1. The van der Waals surface area contributed by atoms with E-state index in [1.807, 2.05) is 42.9 Å². The first-order valence-electron chi connectivity index (χ1n) is 11.8. The molecule has 3 rings (SSSR count). The summed E-state index contributed by atoms with van der Waals surface area (Å²) in [5.41, 5.74) is 9.55. The van der Waals surface area contributed by atoms with Crippen molar-refractivity contribution in [2.24, 2.45) is 22.6 Å². The smallest absolute Gasteiger partial charge is 0.132 e. The molecule has 0 amide bonds. The number of hydrogen-bond donors (Lipinski definition) is 2. The molecule has 1 aliphatic rings. The van der Waals surface area contributed by atoms with Gasteiger partial charge in [0, 0.05) is 18.7 Å². The first-order chi connectivity index (χ1) is 15.5. The fraction of sp³-hybridized carbons (Fsp3) is 0.560. The summed E-state index contributed by atoms with van der Waals surface area (Å²) >= 11 is 0. The molecular formula is C25H39N7. The average molecular weight is 438 g/mol. The van der Waals surface area contributed by atoms with Crippen LogP contribution in [0, 0.1) is 11.8 Å². The fourth-order valence-corrected chi connectivity index (χ4v) is 4.41. The van der Waals surface area contributed by atoms with Gasteiger partial charge in [0.1, 0.15) is 11.4 Å². The molecule has 1 fully saturated rings. The second-order valence-electron chi connectivity index (χ2n) is 9.09. The van der Waals surface area contributed by atoms with Gasteiger partial charge in [0.2, 0.25) is 0 Å². The van der Waals surface area contributed by atoms with Crippen LogP contribution in [0.25, 0.3) is 11.0 Å². The standard InChI is InChI=1S/C25H39N7/c1-19(16-26)11-12-25(32-24-10-6-5-9-23(24)29-30-32)28-21(3)20(2)15-22(17-27-4)18-31-13-7-8-14-31/h5-6,9-10,16,20,22,27H,3,7-8,11-15,17-18,26H2,1-2,4H3/b19-16+,28-25+. The van der Waals surface area contributed by atoms with Gasteiger partial charge in [-0.1, -0.05) is 36.4 Å². The molecule has 2 atom stereocenters. The van der Waals surface area contributed by atoms with Crippen LogP contribution in [-0.2, 0) is 0 Å². The van der Waals surface area contributed by atoms with Gasteiger partial charge in [-0.25, -0.2) is 4.99 Å². The summed E-state index contributed by atoms with van der Waals surface area (Å²) in [6.07, 6.45) is 6.92. The van der Waals surface area contributed by atoms with Crippen LogP contribution in [0.1, 0.15) is 46.0 Å². The van der Waals surface area contributed by atoms with Crippen LogP contribution >= 0.6 is 0 Å². The Kier molecular flexibility index (Phi) is 9.00. The van der Waals surface area contributed by atoms with Crippen LogP contribution in [0.4, 0.5) is 0 Å². The molecule has 0 radical (unpaired) electrons. The van der Waals surface area contributed by atoms with Crippen LogP contribution in [-0.4, -0.2) is 59.0 Å². The summed E-state index contributed by atoms with van der Waals surface area (Å²) in [6, 6.07) is 7.98. The average Bonchev–Trinajstić information content (AvgIpc) is 3.46. The number of aliphatic imine (C=N–C) groups is 1. The molecular weight excluding hydrogens is 398 g/mol. The van der Waals surface area contributed by atoms with Crippen molar-refractivity contribution in [3.8, 4) is 0 Å². The number of aromatic nitrogens is 3. The van der Waals surface area contributed by atoms with E-state index in [1.54, 1.807) is 6.20 Å².